The third kappa shape index (κ3) is 3.94. The highest BCUT2D eigenvalue weighted by Gasteiger charge is 2.17. The molecule has 2 heterocycles. The zero-order chi connectivity index (χ0) is 17.8. The molecule has 1 amide bonds. The lowest BCUT2D eigenvalue weighted by Gasteiger charge is -2.10. The van der Waals surface area contributed by atoms with E-state index in [2.05, 4.69) is 22.4 Å². The number of amides is 1. The fourth-order valence-corrected chi connectivity index (χ4v) is 3.23. The second-order valence-corrected chi connectivity index (χ2v) is 6.62. The van der Waals surface area contributed by atoms with Crippen LogP contribution in [-0.4, -0.2) is 30.1 Å². The third-order valence-corrected chi connectivity index (χ3v) is 4.68. The van der Waals surface area contributed by atoms with Crippen LogP contribution in [0.3, 0.4) is 0 Å². The second-order valence-electron chi connectivity index (χ2n) is 6.62. The first-order valence-corrected chi connectivity index (χ1v) is 9.11. The number of aromatic nitrogens is 1. The normalized spacial score (nSPS) is 16.8. The summed E-state index contributed by atoms with van der Waals surface area (Å²) in [5.74, 6) is 0.588. The lowest BCUT2D eigenvalue weighted by atomic mass is 10.1. The van der Waals surface area contributed by atoms with Crippen LogP contribution in [0, 0.1) is 0 Å². The van der Waals surface area contributed by atoms with Crippen molar-refractivity contribution in [2.45, 2.75) is 31.8 Å². The standard InChI is InChI=1S/C21H22N2O3/c24-21(22-14-17-7-4-12-25-17)16-9-10-18-19(13-16)26-20(23-18)11-8-15-5-2-1-3-6-15/h1-3,5-6,9-10,13,17H,4,7-8,11-12,14H2,(H,22,24). The molecule has 2 aromatic carbocycles. The van der Waals surface area contributed by atoms with Gasteiger partial charge in [0.15, 0.2) is 11.5 Å². The van der Waals surface area contributed by atoms with E-state index in [1.807, 2.05) is 24.3 Å². The molecule has 5 nitrogen and oxygen atoms in total. The Kier molecular flexibility index (Phi) is 4.97. The summed E-state index contributed by atoms with van der Waals surface area (Å²) in [5.41, 5.74) is 3.27. The minimum atomic E-state index is -0.107. The number of ether oxygens (including phenoxy) is 1. The van der Waals surface area contributed by atoms with Gasteiger partial charge in [0.25, 0.3) is 5.91 Å². The molecule has 0 saturated carbocycles. The van der Waals surface area contributed by atoms with Gasteiger partial charge in [-0.2, -0.15) is 0 Å². The molecule has 26 heavy (non-hydrogen) atoms. The first-order valence-electron chi connectivity index (χ1n) is 9.11. The Labute approximate surface area is 152 Å². The fraction of sp³-hybridized carbons (Fsp3) is 0.333. The zero-order valence-electron chi connectivity index (χ0n) is 14.6. The molecule has 134 valence electrons. The van der Waals surface area contributed by atoms with Gasteiger partial charge in [0.05, 0.1) is 6.10 Å². The van der Waals surface area contributed by atoms with Crippen LogP contribution in [0.15, 0.2) is 52.9 Å². The lowest BCUT2D eigenvalue weighted by Crippen LogP contribution is -2.31. The Balaban J connectivity index is 1.40. The molecular formula is C21H22N2O3. The van der Waals surface area contributed by atoms with Crippen molar-refractivity contribution in [1.82, 2.24) is 10.3 Å². The predicted molar refractivity (Wildman–Crippen MR) is 99.2 cm³/mol. The summed E-state index contributed by atoms with van der Waals surface area (Å²) in [7, 11) is 0. The second kappa shape index (κ2) is 7.70. The minimum Gasteiger partial charge on any atom is -0.441 e. The Bertz CT molecular complexity index is 883. The molecule has 1 unspecified atom stereocenters. The van der Waals surface area contributed by atoms with Gasteiger partial charge in [-0.15, -0.1) is 0 Å². The highest BCUT2D eigenvalue weighted by atomic mass is 16.5. The van der Waals surface area contributed by atoms with Crippen molar-refractivity contribution < 1.29 is 13.9 Å². The van der Waals surface area contributed by atoms with Gasteiger partial charge in [-0.05, 0) is 43.0 Å². The number of oxazole rings is 1. The average molecular weight is 350 g/mol. The number of nitrogens with zero attached hydrogens (tertiary/aromatic N) is 1. The number of rotatable bonds is 6. The number of carbonyl (C=O) groups excluding carboxylic acids is 1. The predicted octanol–water partition coefficient (Wildman–Crippen LogP) is 3.52. The van der Waals surface area contributed by atoms with Crippen LogP contribution >= 0.6 is 0 Å². The van der Waals surface area contributed by atoms with Crippen LogP contribution < -0.4 is 5.32 Å². The molecule has 0 spiro atoms. The lowest BCUT2D eigenvalue weighted by molar-refractivity contribution is 0.0858. The van der Waals surface area contributed by atoms with E-state index in [0.717, 1.165) is 37.8 Å². The van der Waals surface area contributed by atoms with Crippen molar-refractivity contribution in [1.29, 1.82) is 0 Å². The summed E-state index contributed by atoms with van der Waals surface area (Å²) in [6.07, 6.45) is 3.82. The third-order valence-electron chi connectivity index (χ3n) is 4.68. The van der Waals surface area contributed by atoms with E-state index in [1.54, 1.807) is 12.1 Å². The maximum atomic E-state index is 12.3. The number of benzene rings is 2. The Morgan fingerprint density at radius 3 is 2.85 bits per heavy atom. The molecule has 5 heteroatoms. The molecule has 0 aliphatic carbocycles. The van der Waals surface area contributed by atoms with E-state index < -0.39 is 0 Å². The van der Waals surface area contributed by atoms with Gasteiger partial charge in [-0.25, -0.2) is 4.98 Å². The Hall–Kier alpha value is -2.66. The van der Waals surface area contributed by atoms with Gasteiger partial charge in [0.2, 0.25) is 0 Å². The summed E-state index contributed by atoms with van der Waals surface area (Å²) in [4.78, 5) is 16.9. The average Bonchev–Trinajstić information content (AvgIpc) is 3.34. The van der Waals surface area contributed by atoms with Crippen molar-refractivity contribution in [2.75, 3.05) is 13.2 Å². The van der Waals surface area contributed by atoms with Crippen molar-refractivity contribution in [3.63, 3.8) is 0 Å². The van der Waals surface area contributed by atoms with Crippen LogP contribution in [0.1, 0.15) is 34.7 Å². The Morgan fingerprint density at radius 2 is 2.04 bits per heavy atom. The number of hydrogen-bond acceptors (Lipinski definition) is 4. The van der Waals surface area contributed by atoms with Crippen molar-refractivity contribution in [2.24, 2.45) is 0 Å². The first kappa shape index (κ1) is 16.8. The van der Waals surface area contributed by atoms with Crippen LogP contribution in [-0.2, 0) is 17.6 Å². The molecule has 1 fully saturated rings. The summed E-state index contributed by atoms with van der Waals surface area (Å²) in [6, 6.07) is 15.7. The van der Waals surface area contributed by atoms with Crippen LogP contribution in [0.4, 0.5) is 0 Å². The molecule has 1 aliphatic heterocycles. The largest absolute Gasteiger partial charge is 0.441 e. The van der Waals surface area contributed by atoms with Gasteiger partial charge in [-0.1, -0.05) is 30.3 Å². The molecular weight excluding hydrogens is 328 g/mol. The SMILES string of the molecule is O=C(NCC1CCCO1)c1ccc2nc(CCc3ccccc3)oc2c1. The van der Waals surface area contributed by atoms with Crippen LogP contribution in [0.2, 0.25) is 0 Å². The van der Waals surface area contributed by atoms with Crippen molar-refractivity contribution >= 4 is 17.0 Å². The van der Waals surface area contributed by atoms with E-state index in [0.29, 0.717) is 23.6 Å². The van der Waals surface area contributed by atoms with Gasteiger partial charge < -0.3 is 14.5 Å². The van der Waals surface area contributed by atoms with Gasteiger partial charge in [0.1, 0.15) is 5.52 Å². The van der Waals surface area contributed by atoms with Gasteiger partial charge in [0, 0.05) is 25.1 Å². The highest BCUT2D eigenvalue weighted by Crippen LogP contribution is 2.19. The molecule has 1 N–H and O–H groups in total. The zero-order valence-corrected chi connectivity index (χ0v) is 14.6. The van der Waals surface area contributed by atoms with Crippen molar-refractivity contribution in [3.8, 4) is 0 Å². The van der Waals surface area contributed by atoms with Crippen LogP contribution in [0.25, 0.3) is 11.1 Å². The van der Waals surface area contributed by atoms with E-state index in [1.165, 1.54) is 5.56 Å². The quantitative estimate of drug-likeness (QED) is 0.739. The number of nitrogens with one attached hydrogen (secondary N) is 1. The van der Waals surface area contributed by atoms with Crippen LogP contribution in [0.5, 0.6) is 0 Å². The van der Waals surface area contributed by atoms with E-state index >= 15 is 0 Å². The molecule has 1 aromatic heterocycles. The van der Waals surface area contributed by atoms with E-state index in [-0.39, 0.29) is 12.0 Å². The molecule has 1 atom stereocenters. The molecule has 1 saturated heterocycles. The highest BCUT2D eigenvalue weighted by molar-refractivity contribution is 5.97. The summed E-state index contributed by atoms with van der Waals surface area (Å²) in [6.45, 7) is 1.34. The molecule has 3 aromatic rings. The smallest absolute Gasteiger partial charge is 0.251 e. The number of fused-ring (bicyclic) bond motifs is 1. The number of aryl methyl sites for hydroxylation is 2. The Morgan fingerprint density at radius 1 is 1.15 bits per heavy atom. The molecule has 0 bridgehead atoms. The van der Waals surface area contributed by atoms with Gasteiger partial charge in [-0.3, -0.25) is 4.79 Å². The maximum absolute atomic E-state index is 12.3. The summed E-state index contributed by atoms with van der Waals surface area (Å²) in [5, 5.41) is 2.93. The summed E-state index contributed by atoms with van der Waals surface area (Å²) < 4.78 is 11.4. The maximum Gasteiger partial charge on any atom is 0.251 e. The fourth-order valence-electron chi connectivity index (χ4n) is 3.23. The molecule has 4 rings (SSSR count). The minimum absolute atomic E-state index is 0.107. The number of hydrogen-bond donors (Lipinski definition) is 1. The number of carbonyl (C=O) groups is 1. The first-order chi connectivity index (χ1) is 12.8. The molecule has 1 aliphatic rings. The molecule has 0 radical (unpaired) electrons. The summed E-state index contributed by atoms with van der Waals surface area (Å²) >= 11 is 0. The van der Waals surface area contributed by atoms with Crippen molar-refractivity contribution in [3.05, 3.63) is 65.5 Å². The van der Waals surface area contributed by atoms with Gasteiger partial charge >= 0.3 is 0 Å². The monoisotopic (exact) mass is 350 g/mol. The van der Waals surface area contributed by atoms with E-state index in [4.69, 9.17) is 9.15 Å². The van der Waals surface area contributed by atoms with E-state index in [9.17, 15) is 4.79 Å². The topological polar surface area (TPSA) is 64.4 Å².